The smallest absolute Gasteiger partial charge is 0.417 e. The molecule has 1 rings (SSSR count). The number of hydrogen-bond acceptors (Lipinski definition) is 4. The van der Waals surface area contributed by atoms with Crippen molar-refractivity contribution in [2.75, 3.05) is 18.0 Å². The van der Waals surface area contributed by atoms with E-state index in [-0.39, 0.29) is 18.8 Å². The number of benzene rings is 1. The number of anilines is 1. The molecule has 1 aromatic rings. The molecule has 4 nitrogen and oxygen atoms in total. The third-order valence-electron chi connectivity index (χ3n) is 2.88. The van der Waals surface area contributed by atoms with Crippen molar-refractivity contribution in [3.63, 3.8) is 0 Å². The van der Waals surface area contributed by atoms with Gasteiger partial charge in [0.1, 0.15) is 12.1 Å². The summed E-state index contributed by atoms with van der Waals surface area (Å²) in [7, 11) is 0. The number of ether oxygens (including phenoxy) is 1. The van der Waals surface area contributed by atoms with Gasteiger partial charge in [0.2, 0.25) is 0 Å². The number of nitriles is 1. The highest BCUT2D eigenvalue weighted by Gasteiger charge is 2.34. The molecule has 0 unspecified atom stereocenters. The summed E-state index contributed by atoms with van der Waals surface area (Å²) < 4.78 is 44.4. The lowest BCUT2D eigenvalue weighted by Crippen LogP contribution is -2.35. The van der Waals surface area contributed by atoms with Gasteiger partial charge in [0.05, 0.1) is 17.2 Å². The van der Waals surface area contributed by atoms with E-state index in [0.29, 0.717) is 0 Å². The predicted molar refractivity (Wildman–Crippen MR) is 84.4 cm³/mol. The van der Waals surface area contributed by atoms with E-state index in [1.807, 2.05) is 0 Å². The van der Waals surface area contributed by atoms with Crippen LogP contribution in [0.2, 0.25) is 0 Å². The molecule has 0 N–H and O–H groups in total. The number of carbonyl (C=O) groups excluding carboxylic acids is 1. The molecule has 0 aliphatic rings. The summed E-state index contributed by atoms with van der Waals surface area (Å²) >= 11 is 0. The zero-order valence-corrected chi connectivity index (χ0v) is 13.8. The van der Waals surface area contributed by atoms with E-state index in [1.54, 1.807) is 20.8 Å². The van der Waals surface area contributed by atoms with E-state index in [2.05, 4.69) is 6.58 Å². The lowest BCUT2D eigenvalue weighted by molar-refractivity contribution is -0.153. The van der Waals surface area contributed by atoms with Gasteiger partial charge < -0.3 is 9.64 Å². The molecule has 0 amide bonds. The van der Waals surface area contributed by atoms with E-state index < -0.39 is 28.9 Å². The first kappa shape index (κ1) is 19.6. The standard InChI is InChI=1S/C17H19F3N2O2/c1-5-8-22(11-15(23)24-16(2,3)4)13-7-6-12(10-21)14(9-13)17(18,19)20/h5-7,9H,1,8,11H2,2-4H3. The van der Waals surface area contributed by atoms with Gasteiger partial charge in [0, 0.05) is 12.2 Å². The minimum Gasteiger partial charge on any atom is -0.459 e. The van der Waals surface area contributed by atoms with Crippen LogP contribution in [0, 0.1) is 11.3 Å². The predicted octanol–water partition coefficient (Wildman–Crippen LogP) is 3.91. The Kier molecular flexibility index (Phi) is 6.02. The highest BCUT2D eigenvalue weighted by atomic mass is 19.4. The fraction of sp³-hybridized carbons (Fsp3) is 0.412. The van der Waals surface area contributed by atoms with Crippen LogP contribution < -0.4 is 4.90 Å². The van der Waals surface area contributed by atoms with Gasteiger partial charge in [0.15, 0.2) is 0 Å². The summed E-state index contributed by atoms with van der Waals surface area (Å²) in [6.45, 7) is 8.57. The van der Waals surface area contributed by atoms with Crippen molar-refractivity contribution in [2.45, 2.75) is 32.5 Å². The molecule has 130 valence electrons. The van der Waals surface area contributed by atoms with Crippen molar-refractivity contribution in [3.8, 4) is 6.07 Å². The third-order valence-corrected chi connectivity index (χ3v) is 2.88. The van der Waals surface area contributed by atoms with Crippen molar-refractivity contribution < 1.29 is 22.7 Å². The molecule has 0 aliphatic heterocycles. The minimum absolute atomic E-state index is 0.155. The van der Waals surface area contributed by atoms with Gasteiger partial charge in [-0.3, -0.25) is 4.79 Å². The number of carbonyl (C=O) groups is 1. The monoisotopic (exact) mass is 340 g/mol. The third kappa shape index (κ3) is 5.61. The Labute approximate surface area is 139 Å². The Morgan fingerprint density at radius 2 is 2.00 bits per heavy atom. The number of halogens is 3. The van der Waals surface area contributed by atoms with Crippen LogP contribution in [0.4, 0.5) is 18.9 Å². The maximum atomic E-state index is 13.1. The summed E-state index contributed by atoms with van der Waals surface area (Å²) in [4.78, 5) is 13.3. The molecule has 0 spiro atoms. The van der Waals surface area contributed by atoms with E-state index in [0.717, 1.165) is 12.1 Å². The first-order valence-corrected chi connectivity index (χ1v) is 7.17. The van der Waals surface area contributed by atoms with Crippen LogP contribution in [0.3, 0.4) is 0 Å². The SMILES string of the molecule is C=CCN(CC(=O)OC(C)(C)C)c1ccc(C#N)c(C(F)(F)F)c1. The zero-order valence-electron chi connectivity index (χ0n) is 13.8. The highest BCUT2D eigenvalue weighted by Crippen LogP contribution is 2.34. The van der Waals surface area contributed by atoms with Gasteiger partial charge in [-0.15, -0.1) is 6.58 Å². The Hall–Kier alpha value is -2.49. The van der Waals surface area contributed by atoms with Crippen LogP contribution in [0.1, 0.15) is 31.9 Å². The lowest BCUT2D eigenvalue weighted by Gasteiger charge is -2.26. The van der Waals surface area contributed by atoms with Crippen LogP contribution in [-0.2, 0) is 15.7 Å². The summed E-state index contributed by atoms with van der Waals surface area (Å²) in [6.07, 6.45) is -3.19. The maximum absolute atomic E-state index is 13.1. The summed E-state index contributed by atoms with van der Waals surface area (Å²) in [6, 6.07) is 4.82. The van der Waals surface area contributed by atoms with Crippen molar-refractivity contribution in [3.05, 3.63) is 42.0 Å². The van der Waals surface area contributed by atoms with Gasteiger partial charge in [-0.05, 0) is 39.0 Å². The fourth-order valence-electron chi connectivity index (χ4n) is 2.01. The summed E-state index contributed by atoms with van der Waals surface area (Å²) in [5.41, 5.74) is -2.05. The molecule has 0 atom stereocenters. The molecule has 0 aromatic heterocycles. The summed E-state index contributed by atoms with van der Waals surface area (Å²) in [5, 5.41) is 8.83. The molecular formula is C17H19F3N2O2. The molecule has 0 saturated carbocycles. The van der Waals surface area contributed by atoms with Crippen LogP contribution in [0.5, 0.6) is 0 Å². The van der Waals surface area contributed by atoms with Crippen molar-refractivity contribution in [1.29, 1.82) is 5.26 Å². The van der Waals surface area contributed by atoms with Crippen molar-refractivity contribution in [2.24, 2.45) is 0 Å². The van der Waals surface area contributed by atoms with Gasteiger partial charge in [-0.1, -0.05) is 6.08 Å². The molecule has 1 aromatic carbocycles. The zero-order chi connectivity index (χ0) is 18.5. The molecule has 24 heavy (non-hydrogen) atoms. The van der Waals surface area contributed by atoms with Crippen molar-refractivity contribution in [1.82, 2.24) is 0 Å². The van der Waals surface area contributed by atoms with E-state index in [4.69, 9.17) is 10.00 Å². The molecule has 0 bridgehead atoms. The number of nitrogens with zero attached hydrogens (tertiary/aromatic N) is 2. The number of hydrogen-bond donors (Lipinski definition) is 0. The molecular weight excluding hydrogens is 321 g/mol. The Morgan fingerprint density at radius 1 is 1.38 bits per heavy atom. The average molecular weight is 340 g/mol. The largest absolute Gasteiger partial charge is 0.459 e. The first-order chi connectivity index (χ1) is 11.0. The van der Waals surface area contributed by atoms with Crippen molar-refractivity contribution >= 4 is 11.7 Å². The molecule has 0 aliphatic carbocycles. The van der Waals surface area contributed by atoms with Gasteiger partial charge >= 0.3 is 12.1 Å². The van der Waals surface area contributed by atoms with E-state index >= 15 is 0 Å². The molecule has 7 heteroatoms. The minimum atomic E-state index is -4.66. The second kappa shape index (κ2) is 7.39. The number of alkyl halides is 3. The van der Waals surface area contributed by atoms with Crippen LogP contribution in [0.25, 0.3) is 0 Å². The Bertz CT molecular complexity index is 655. The van der Waals surface area contributed by atoms with E-state index in [9.17, 15) is 18.0 Å². The normalized spacial score (nSPS) is 11.5. The van der Waals surface area contributed by atoms with Gasteiger partial charge in [0.25, 0.3) is 0 Å². The van der Waals surface area contributed by atoms with Gasteiger partial charge in [-0.2, -0.15) is 18.4 Å². The fourth-order valence-corrected chi connectivity index (χ4v) is 2.01. The topological polar surface area (TPSA) is 53.3 Å². The van der Waals surface area contributed by atoms with E-state index in [1.165, 1.54) is 23.1 Å². The average Bonchev–Trinajstić information content (AvgIpc) is 2.43. The molecule has 0 saturated heterocycles. The molecule has 0 fully saturated rings. The highest BCUT2D eigenvalue weighted by molar-refractivity contribution is 5.76. The lowest BCUT2D eigenvalue weighted by atomic mass is 10.1. The molecule has 0 radical (unpaired) electrons. The maximum Gasteiger partial charge on any atom is 0.417 e. The molecule has 0 heterocycles. The van der Waals surface area contributed by atoms with Gasteiger partial charge in [-0.25, -0.2) is 0 Å². The summed E-state index contributed by atoms with van der Waals surface area (Å²) in [5.74, 6) is -0.567. The van der Waals surface area contributed by atoms with Crippen LogP contribution in [-0.4, -0.2) is 24.7 Å². The number of esters is 1. The Morgan fingerprint density at radius 3 is 2.46 bits per heavy atom. The Balaban J connectivity index is 3.15. The second-order valence-corrected chi connectivity index (χ2v) is 6.10. The quantitative estimate of drug-likeness (QED) is 0.602. The first-order valence-electron chi connectivity index (χ1n) is 7.17. The second-order valence-electron chi connectivity index (χ2n) is 6.10. The number of rotatable bonds is 5. The van der Waals surface area contributed by atoms with Crippen LogP contribution >= 0.6 is 0 Å². The van der Waals surface area contributed by atoms with Crippen LogP contribution in [0.15, 0.2) is 30.9 Å².